The minimum Gasteiger partial charge on any atom is -0.506 e. The van der Waals surface area contributed by atoms with Crippen LogP contribution in [0.5, 0.6) is 5.75 Å². The van der Waals surface area contributed by atoms with Crippen LogP contribution in [0, 0.1) is 0 Å². The molecule has 0 unspecified atom stereocenters. The van der Waals surface area contributed by atoms with Crippen molar-refractivity contribution in [1.82, 2.24) is 0 Å². The van der Waals surface area contributed by atoms with E-state index in [1.807, 2.05) is 12.1 Å². The number of nitrogens with one attached hydrogen (secondary N) is 1. The van der Waals surface area contributed by atoms with Gasteiger partial charge in [0.2, 0.25) is 0 Å². The third-order valence-corrected chi connectivity index (χ3v) is 4.07. The summed E-state index contributed by atoms with van der Waals surface area (Å²) in [4.78, 5) is 2.39. The highest BCUT2D eigenvalue weighted by Crippen LogP contribution is 2.49. The van der Waals surface area contributed by atoms with Gasteiger partial charge >= 0.3 is 0 Å². The van der Waals surface area contributed by atoms with Crippen LogP contribution in [0.1, 0.15) is 26.2 Å². The maximum Gasteiger partial charge on any atom is 0.141 e. The maximum absolute atomic E-state index is 10.0. The molecule has 1 aromatic carbocycles. The van der Waals surface area contributed by atoms with Gasteiger partial charge in [-0.3, -0.25) is 0 Å². The minimum absolute atomic E-state index is 0.264. The largest absolute Gasteiger partial charge is 0.506 e. The molecule has 2 aliphatic rings. The van der Waals surface area contributed by atoms with Gasteiger partial charge in [-0.1, -0.05) is 6.07 Å². The smallest absolute Gasteiger partial charge is 0.141 e. The second-order valence-electron chi connectivity index (χ2n) is 4.85. The molecule has 0 aromatic heterocycles. The van der Waals surface area contributed by atoms with Crippen molar-refractivity contribution in [2.45, 2.75) is 31.7 Å². The van der Waals surface area contributed by atoms with Crippen LogP contribution < -0.4 is 10.2 Å². The van der Waals surface area contributed by atoms with Crippen LogP contribution in [0.15, 0.2) is 18.2 Å². The monoisotopic (exact) mass is 218 g/mol. The Balaban J connectivity index is 2.09. The highest BCUT2D eigenvalue weighted by Gasteiger charge is 2.45. The number of likely N-dealkylation sites (N-methyl/N-ethyl adjacent to an activating group) is 1. The Labute approximate surface area is 96.1 Å². The van der Waals surface area contributed by atoms with Crippen LogP contribution in [0.3, 0.4) is 0 Å². The van der Waals surface area contributed by atoms with Gasteiger partial charge in [0, 0.05) is 13.1 Å². The Kier molecular flexibility index (Phi) is 2.03. The number of benzene rings is 1. The topological polar surface area (TPSA) is 35.5 Å². The quantitative estimate of drug-likeness (QED) is 0.760. The summed E-state index contributed by atoms with van der Waals surface area (Å²) in [6.07, 6.45) is 3.78. The van der Waals surface area contributed by atoms with E-state index in [-0.39, 0.29) is 5.54 Å². The highest BCUT2D eigenvalue weighted by atomic mass is 16.3. The van der Waals surface area contributed by atoms with Gasteiger partial charge in [-0.2, -0.15) is 0 Å². The maximum atomic E-state index is 10.0. The molecular weight excluding hydrogens is 200 g/mol. The van der Waals surface area contributed by atoms with E-state index < -0.39 is 0 Å². The first-order valence-electron chi connectivity index (χ1n) is 6.10. The number of rotatable bonds is 1. The molecule has 1 aliphatic carbocycles. The van der Waals surface area contributed by atoms with Crippen molar-refractivity contribution >= 4 is 11.4 Å². The molecule has 1 aromatic rings. The molecule has 1 fully saturated rings. The molecule has 0 radical (unpaired) electrons. The highest BCUT2D eigenvalue weighted by molar-refractivity contribution is 5.79. The lowest BCUT2D eigenvalue weighted by molar-refractivity contribution is 0.239. The standard InChI is InChI=1S/C13H18N2O/c1-2-15-12-10(5-3-6-11(12)16)14-9-13(15)7-4-8-13/h3,5-6,14,16H,2,4,7-9H2,1H3. The summed E-state index contributed by atoms with van der Waals surface area (Å²) >= 11 is 0. The van der Waals surface area contributed by atoms with Crippen molar-refractivity contribution in [3.63, 3.8) is 0 Å². The van der Waals surface area contributed by atoms with Crippen LogP contribution >= 0.6 is 0 Å². The van der Waals surface area contributed by atoms with Crippen molar-refractivity contribution in [2.75, 3.05) is 23.3 Å². The fraction of sp³-hybridized carbons (Fsp3) is 0.538. The number of phenols is 1. The lowest BCUT2D eigenvalue weighted by Crippen LogP contribution is -2.60. The predicted octanol–water partition coefficient (Wildman–Crippen LogP) is 2.57. The Morgan fingerprint density at radius 1 is 1.44 bits per heavy atom. The molecule has 1 saturated carbocycles. The third kappa shape index (κ3) is 1.14. The van der Waals surface area contributed by atoms with Gasteiger partial charge in [-0.15, -0.1) is 0 Å². The van der Waals surface area contributed by atoms with Gasteiger partial charge in [0.15, 0.2) is 0 Å². The van der Waals surface area contributed by atoms with E-state index >= 15 is 0 Å². The Bertz CT molecular complexity index is 412. The van der Waals surface area contributed by atoms with Crippen molar-refractivity contribution in [2.24, 2.45) is 0 Å². The third-order valence-electron chi connectivity index (χ3n) is 4.07. The van der Waals surface area contributed by atoms with E-state index in [0.717, 1.165) is 24.5 Å². The van der Waals surface area contributed by atoms with E-state index in [1.54, 1.807) is 6.07 Å². The second kappa shape index (κ2) is 3.30. The normalized spacial score (nSPS) is 21.2. The predicted molar refractivity (Wildman–Crippen MR) is 66.2 cm³/mol. The van der Waals surface area contributed by atoms with E-state index in [0.29, 0.717) is 5.75 Å². The lowest BCUT2D eigenvalue weighted by atomic mass is 9.73. The molecular formula is C13H18N2O. The summed E-state index contributed by atoms with van der Waals surface area (Å²) in [7, 11) is 0. The summed E-state index contributed by atoms with van der Waals surface area (Å²) in [5, 5.41) is 13.5. The fourth-order valence-corrected chi connectivity index (χ4v) is 3.08. The number of aromatic hydroxyl groups is 1. The molecule has 0 amide bonds. The molecule has 2 N–H and O–H groups in total. The number of hydrogen-bond acceptors (Lipinski definition) is 3. The molecule has 86 valence electrons. The fourth-order valence-electron chi connectivity index (χ4n) is 3.08. The van der Waals surface area contributed by atoms with Crippen LogP contribution in [0.25, 0.3) is 0 Å². The van der Waals surface area contributed by atoms with Crippen molar-refractivity contribution in [3.05, 3.63) is 18.2 Å². The van der Waals surface area contributed by atoms with Crippen molar-refractivity contribution in [1.29, 1.82) is 0 Å². The van der Waals surface area contributed by atoms with Crippen LogP contribution in [0.4, 0.5) is 11.4 Å². The first-order chi connectivity index (χ1) is 7.77. The molecule has 1 spiro atoms. The zero-order chi connectivity index (χ0) is 11.2. The average molecular weight is 218 g/mol. The van der Waals surface area contributed by atoms with Gasteiger partial charge in [0.1, 0.15) is 11.4 Å². The molecule has 3 heteroatoms. The Morgan fingerprint density at radius 3 is 2.88 bits per heavy atom. The van der Waals surface area contributed by atoms with E-state index in [4.69, 9.17) is 0 Å². The van der Waals surface area contributed by atoms with Crippen LogP contribution in [0.2, 0.25) is 0 Å². The summed E-state index contributed by atoms with van der Waals surface area (Å²) in [6, 6.07) is 5.72. The van der Waals surface area contributed by atoms with Gasteiger partial charge in [-0.25, -0.2) is 0 Å². The first kappa shape index (κ1) is 9.82. The molecule has 1 aliphatic heterocycles. The molecule has 0 saturated heterocycles. The molecule has 3 nitrogen and oxygen atoms in total. The summed E-state index contributed by atoms with van der Waals surface area (Å²) in [5.74, 6) is 0.401. The van der Waals surface area contributed by atoms with Crippen LogP contribution in [-0.2, 0) is 0 Å². The Morgan fingerprint density at radius 2 is 2.25 bits per heavy atom. The summed E-state index contributed by atoms with van der Waals surface area (Å²) < 4.78 is 0. The summed E-state index contributed by atoms with van der Waals surface area (Å²) in [6.45, 7) is 4.14. The average Bonchev–Trinajstić information content (AvgIpc) is 2.25. The van der Waals surface area contributed by atoms with E-state index in [2.05, 4.69) is 17.1 Å². The van der Waals surface area contributed by atoms with E-state index in [9.17, 15) is 5.11 Å². The molecule has 0 bridgehead atoms. The number of para-hydroxylation sites is 1. The molecule has 1 heterocycles. The lowest BCUT2D eigenvalue weighted by Gasteiger charge is -2.54. The first-order valence-corrected chi connectivity index (χ1v) is 6.10. The van der Waals surface area contributed by atoms with Gasteiger partial charge < -0.3 is 15.3 Å². The van der Waals surface area contributed by atoms with E-state index in [1.165, 1.54) is 19.3 Å². The number of fused-ring (bicyclic) bond motifs is 1. The van der Waals surface area contributed by atoms with Crippen LogP contribution in [-0.4, -0.2) is 23.7 Å². The van der Waals surface area contributed by atoms with Gasteiger partial charge in [0.25, 0.3) is 0 Å². The molecule has 16 heavy (non-hydrogen) atoms. The number of hydrogen-bond donors (Lipinski definition) is 2. The second-order valence-corrected chi connectivity index (χ2v) is 4.85. The number of anilines is 2. The zero-order valence-corrected chi connectivity index (χ0v) is 9.66. The van der Waals surface area contributed by atoms with Gasteiger partial charge in [-0.05, 0) is 38.3 Å². The summed E-state index contributed by atoms with van der Waals surface area (Å²) in [5.41, 5.74) is 2.33. The zero-order valence-electron chi connectivity index (χ0n) is 9.66. The molecule has 0 atom stereocenters. The Hall–Kier alpha value is -1.38. The van der Waals surface area contributed by atoms with Gasteiger partial charge in [0.05, 0.1) is 11.2 Å². The van der Waals surface area contributed by atoms with Crippen molar-refractivity contribution in [3.8, 4) is 5.75 Å². The minimum atomic E-state index is 0.264. The number of nitrogens with zero attached hydrogens (tertiary/aromatic N) is 1. The SMILES string of the molecule is CCN1c2c(O)cccc2NCC12CCC2. The van der Waals surface area contributed by atoms with Crippen molar-refractivity contribution < 1.29 is 5.11 Å². The number of phenolic OH excluding ortho intramolecular Hbond substituents is 1. The molecule has 3 rings (SSSR count).